The first kappa shape index (κ1) is 15.3. The number of carbonyl (C=O) groups excluding carboxylic acids is 1. The summed E-state index contributed by atoms with van der Waals surface area (Å²) in [5.74, 6) is -0.114. The third-order valence-corrected chi connectivity index (χ3v) is 6.31. The van der Waals surface area contributed by atoms with Crippen LogP contribution in [0.5, 0.6) is 0 Å². The zero-order valence-electron chi connectivity index (χ0n) is 12.9. The Morgan fingerprint density at radius 3 is 2.50 bits per heavy atom. The minimum atomic E-state index is -3.00. The molecule has 1 amide bonds. The van der Waals surface area contributed by atoms with Crippen LogP contribution in [0.15, 0.2) is 24.3 Å². The van der Waals surface area contributed by atoms with Gasteiger partial charge in [0, 0.05) is 31.9 Å². The van der Waals surface area contributed by atoms with Crippen LogP contribution in [-0.4, -0.2) is 56.9 Å². The molecule has 6 heteroatoms. The summed E-state index contributed by atoms with van der Waals surface area (Å²) in [6.45, 7) is 5.01. The smallest absolute Gasteiger partial charge is 0.226 e. The Kier molecular flexibility index (Phi) is 4.12. The van der Waals surface area contributed by atoms with Crippen LogP contribution in [-0.2, 0) is 14.6 Å². The molecule has 1 atom stereocenters. The van der Waals surface area contributed by atoms with Crippen LogP contribution < -0.4 is 4.90 Å². The third kappa shape index (κ3) is 3.27. The fourth-order valence-electron chi connectivity index (χ4n) is 3.26. The number of piperazine rings is 1. The van der Waals surface area contributed by atoms with Gasteiger partial charge in [-0.05, 0) is 31.0 Å². The largest absolute Gasteiger partial charge is 0.368 e. The molecule has 0 aromatic heterocycles. The summed E-state index contributed by atoms with van der Waals surface area (Å²) in [6.07, 6.45) is 0.485. The van der Waals surface area contributed by atoms with E-state index in [4.69, 9.17) is 0 Å². The Morgan fingerprint density at radius 1 is 1.18 bits per heavy atom. The summed E-state index contributed by atoms with van der Waals surface area (Å²) in [6, 6.07) is 8.37. The fourth-order valence-corrected chi connectivity index (χ4v) is 4.99. The third-order valence-electron chi connectivity index (χ3n) is 4.54. The van der Waals surface area contributed by atoms with E-state index in [1.165, 1.54) is 11.3 Å². The number of anilines is 1. The maximum absolute atomic E-state index is 12.4. The van der Waals surface area contributed by atoms with Gasteiger partial charge in [0.25, 0.3) is 0 Å². The van der Waals surface area contributed by atoms with E-state index in [9.17, 15) is 13.2 Å². The first-order chi connectivity index (χ1) is 10.4. The molecule has 5 nitrogen and oxygen atoms in total. The van der Waals surface area contributed by atoms with E-state index in [0.717, 1.165) is 13.1 Å². The van der Waals surface area contributed by atoms with E-state index in [2.05, 4.69) is 30.0 Å². The Balaban J connectivity index is 1.59. The summed E-state index contributed by atoms with van der Waals surface area (Å²) >= 11 is 0. The van der Waals surface area contributed by atoms with Gasteiger partial charge in [-0.2, -0.15) is 0 Å². The highest BCUT2D eigenvalue weighted by Gasteiger charge is 2.36. The van der Waals surface area contributed by atoms with Crippen molar-refractivity contribution in [2.45, 2.75) is 13.3 Å². The van der Waals surface area contributed by atoms with E-state index in [0.29, 0.717) is 19.5 Å². The Hall–Kier alpha value is -1.56. The summed E-state index contributed by atoms with van der Waals surface area (Å²) in [5, 5.41) is 0. The van der Waals surface area contributed by atoms with E-state index in [1.54, 1.807) is 0 Å². The van der Waals surface area contributed by atoms with Gasteiger partial charge < -0.3 is 9.80 Å². The van der Waals surface area contributed by atoms with Crippen molar-refractivity contribution in [3.8, 4) is 0 Å². The van der Waals surface area contributed by atoms with E-state index in [1.807, 2.05) is 11.0 Å². The van der Waals surface area contributed by atoms with Crippen molar-refractivity contribution < 1.29 is 13.2 Å². The Labute approximate surface area is 131 Å². The maximum atomic E-state index is 12.4. The van der Waals surface area contributed by atoms with Gasteiger partial charge in [0.05, 0.1) is 17.4 Å². The van der Waals surface area contributed by atoms with Crippen LogP contribution in [0.4, 0.5) is 5.69 Å². The van der Waals surface area contributed by atoms with Gasteiger partial charge >= 0.3 is 0 Å². The van der Waals surface area contributed by atoms with Gasteiger partial charge in [-0.3, -0.25) is 4.79 Å². The topological polar surface area (TPSA) is 57.7 Å². The average molecular weight is 322 g/mol. The molecule has 120 valence electrons. The van der Waals surface area contributed by atoms with Crippen molar-refractivity contribution in [1.82, 2.24) is 4.90 Å². The number of amides is 1. The fraction of sp³-hybridized carbons (Fsp3) is 0.562. The van der Waals surface area contributed by atoms with E-state index < -0.39 is 9.84 Å². The number of hydrogen-bond acceptors (Lipinski definition) is 4. The first-order valence-electron chi connectivity index (χ1n) is 7.75. The molecule has 2 aliphatic rings. The quantitative estimate of drug-likeness (QED) is 0.817. The van der Waals surface area contributed by atoms with Crippen LogP contribution in [0.3, 0.4) is 0 Å². The van der Waals surface area contributed by atoms with Gasteiger partial charge in [-0.1, -0.05) is 12.1 Å². The van der Waals surface area contributed by atoms with E-state index in [-0.39, 0.29) is 23.3 Å². The van der Waals surface area contributed by atoms with Crippen molar-refractivity contribution in [2.75, 3.05) is 42.6 Å². The number of aryl methyl sites for hydroxylation is 1. The zero-order chi connectivity index (χ0) is 15.7. The molecule has 2 aliphatic heterocycles. The van der Waals surface area contributed by atoms with Crippen LogP contribution in [0.2, 0.25) is 0 Å². The van der Waals surface area contributed by atoms with Crippen LogP contribution in [0.25, 0.3) is 0 Å². The van der Waals surface area contributed by atoms with Gasteiger partial charge in [0.15, 0.2) is 9.84 Å². The zero-order valence-corrected chi connectivity index (χ0v) is 13.7. The predicted octanol–water partition coefficient (Wildman–Crippen LogP) is 1.08. The number of benzene rings is 1. The highest BCUT2D eigenvalue weighted by molar-refractivity contribution is 7.91. The maximum Gasteiger partial charge on any atom is 0.226 e. The summed E-state index contributed by atoms with van der Waals surface area (Å²) < 4.78 is 23.0. The summed E-state index contributed by atoms with van der Waals surface area (Å²) in [5.41, 5.74) is 2.42. The number of nitrogens with zero attached hydrogens (tertiary/aromatic N) is 2. The molecular weight excluding hydrogens is 300 g/mol. The lowest BCUT2D eigenvalue weighted by molar-refractivity contribution is -0.135. The first-order valence-corrected chi connectivity index (χ1v) is 9.57. The minimum absolute atomic E-state index is 0.0185. The molecule has 2 heterocycles. The molecule has 1 aromatic rings. The highest BCUT2D eigenvalue weighted by Crippen LogP contribution is 2.23. The number of sulfone groups is 1. The molecule has 2 fully saturated rings. The molecule has 0 aliphatic carbocycles. The molecule has 1 unspecified atom stereocenters. The lowest BCUT2D eigenvalue weighted by Crippen LogP contribution is -2.50. The second-order valence-electron chi connectivity index (χ2n) is 6.25. The second kappa shape index (κ2) is 5.91. The molecule has 0 bridgehead atoms. The molecule has 22 heavy (non-hydrogen) atoms. The number of hydrogen-bond donors (Lipinski definition) is 0. The lowest BCUT2D eigenvalue weighted by Gasteiger charge is -2.37. The normalized spacial score (nSPS) is 24.5. The van der Waals surface area contributed by atoms with Crippen molar-refractivity contribution in [3.63, 3.8) is 0 Å². The number of carbonyl (C=O) groups is 1. The number of rotatable bonds is 2. The van der Waals surface area contributed by atoms with Gasteiger partial charge in [-0.15, -0.1) is 0 Å². The second-order valence-corrected chi connectivity index (χ2v) is 8.48. The monoisotopic (exact) mass is 322 g/mol. The standard InChI is InChI=1S/C16H22N2O3S/c1-13-3-2-4-15(11-13)17-6-8-18(9-7-17)16(19)14-5-10-22(20,21)12-14/h2-4,11,14H,5-10,12H2,1H3. The van der Waals surface area contributed by atoms with Crippen molar-refractivity contribution in [3.05, 3.63) is 29.8 Å². The van der Waals surface area contributed by atoms with Crippen molar-refractivity contribution in [1.29, 1.82) is 0 Å². The Bertz CT molecular complexity index is 664. The average Bonchev–Trinajstić information content (AvgIpc) is 2.87. The van der Waals surface area contributed by atoms with Crippen molar-refractivity contribution in [2.24, 2.45) is 5.92 Å². The van der Waals surface area contributed by atoms with Gasteiger partial charge in [0.2, 0.25) is 5.91 Å². The van der Waals surface area contributed by atoms with Crippen LogP contribution in [0, 0.1) is 12.8 Å². The lowest BCUT2D eigenvalue weighted by atomic mass is 10.1. The highest BCUT2D eigenvalue weighted by atomic mass is 32.2. The Morgan fingerprint density at radius 2 is 1.91 bits per heavy atom. The van der Waals surface area contributed by atoms with Gasteiger partial charge in [0.1, 0.15) is 0 Å². The molecule has 0 saturated carbocycles. The minimum Gasteiger partial charge on any atom is -0.368 e. The summed E-state index contributed by atoms with van der Waals surface area (Å²) in [7, 11) is -3.00. The van der Waals surface area contributed by atoms with Gasteiger partial charge in [-0.25, -0.2) is 8.42 Å². The van der Waals surface area contributed by atoms with Crippen molar-refractivity contribution >= 4 is 21.4 Å². The molecule has 0 radical (unpaired) electrons. The van der Waals surface area contributed by atoms with Crippen LogP contribution >= 0.6 is 0 Å². The molecular formula is C16H22N2O3S. The van der Waals surface area contributed by atoms with Crippen LogP contribution in [0.1, 0.15) is 12.0 Å². The molecule has 2 saturated heterocycles. The molecule has 3 rings (SSSR count). The molecule has 0 N–H and O–H groups in total. The summed E-state index contributed by atoms with van der Waals surface area (Å²) in [4.78, 5) is 16.5. The molecule has 0 spiro atoms. The molecule has 1 aromatic carbocycles. The SMILES string of the molecule is Cc1cccc(N2CCN(C(=O)C3CCS(=O)(=O)C3)CC2)c1. The predicted molar refractivity (Wildman–Crippen MR) is 86.7 cm³/mol. The van der Waals surface area contributed by atoms with E-state index >= 15 is 0 Å².